The molecule has 0 aliphatic heterocycles. The minimum atomic E-state index is -3.64. The number of sulfonamides is 1. The first-order chi connectivity index (χ1) is 10.9. The maximum atomic E-state index is 12.2. The van der Waals surface area contributed by atoms with Gasteiger partial charge in [-0.1, -0.05) is 30.3 Å². The fraction of sp³-hybridized carbons (Fsp3) is 0.188. The zero-order valence-corrected chi connectivity index (χ0v) is 13.5. The molecule has 2 N–H and O–H groups in total. The van der Waals surface area contributed by atoms with E-state index in [0.717, 1.165) is 10.5 Å². The van der Waals surface area contributed by atoms with Gasteiger partial charge in [0.05, 0.1) is 4.90 Å². The molecule has 0 saturated carbocycles. The summed E-state index contributed by atoms with van der Waals surface area (Å²) >= 11 is 0. The van der Waals surface area contributed by atoms with Gasteiger partial charge < -0.3 is 5.11 Å². The van der Waals surface area contributed by atoms with E-state index in [1.54, 1.807) is 6.92 Å². The Morgan fingerprint density at radius 1 is 1.09 bits per heavy atom. The molecule has 23 heavy (non-hydrogen) atoms. The second-order valence-corrected chi connectivity index (χ2v) is 6.60. The van der Waals surface area contributed by atoms with E-state index < -0.39 is 16.1 Å². The molecule has 0 aromatic heterocycles. The van der Waals surface area contributed by atoms with Crippen molar-refractivity contribution in [3.8, 4) is 0 Å². The van der Waals surface area contributed by atoms with Crippen molar-refractivity contribution < 1.29 is 18.3 Å². The van der Waals surface area contributed by atoms with Crippen LogP contribution in [0.5, 0.6) is 0 Å². The Morgan fingerprint density at radius 2 is 1.70 bits per heavy atom. The number of nitrogens with zero attached hydrogens (tertiary/aromatic N) is 1. The lowest BCUT2D eigenvalue weighted by molar-refractivity contribution is 0.202. The molecule has 6 nitrogen and oxygen atoms in total. The lowest BCUT2D eigenvalue weighted by atomic mass is 10.2. The molecule has 0 heterocycles. The molecule has 0 unspecified atom stereocenters. The van der Waals surface area contributed by atoms with E-state index in [1.807, 2.05) is 30.3 Å². The highest BCUT2D eigenvalue weighted by atomic mass is 32.2. The second kappa shape index (κ2) is 7.26. The van der Waals surface area contributed by atoms with Crippen LogP contribution in [-0.4, -0.2) is 26.2 Å². The minimum absolute atomic E-state index is 0.0959. The van der Waals surface area contributed by atoms with E-state index in [4.69, 9.17) is 5.11 Å². The summed E-state index contributed by atoms with van der Waals surface area (Å²) in [5.41, 5.74) is 1.29. The van der Waals surface area contributed by atoms with Gasteiger partial charge in [0.25, 0.3) is 0 Å². The topological polar surface area (TPSA) is 86.7 Å². The standard InChI is InChI=1S/C16H18N2O4S/c1-2-18(16(19)20)14-8-10-15(11-9-14)23(21,22)17-12-13-6-4-3-5-7-13/h3-11,17H,2,12H2,1H3,(H,19,20). The summed E-state index contributed by atoms with van der Waals surface area (Å²) in [6.45, 7) is 2.19. The minimum Gasteiger partial charge on any atom is -0.465 e. The maximum Gasteiger partial charge on any atom is 0.411 e. The van der Waals surface area contributed by atoms with Gasteiger partial charge in [-0.3, -0.25) is 4.90 Å². The van der Waals surface area contributed by atoms with Gasteiger partial charge in [-0.25, -0.2) is 17.9 Å². The number of anilines is 1. The smallest absolute Gasteiger partial charge is 0.411 e. The van der Waals surface area contributed by atoms with Crippen molar-refractivity contribution in [2.24, 2.45) is 0 Å². The molecule has 0 saturated heterocycles. The molecule has 1 amide bonds. The summed E-state index contributed by atoms with van der Waals surface area (Å²) in [6, 6.07) is 15.0. The highest BCUT2D eigenvalue weighted by Crippen LogP contribution is 2.18. The van der Waals surface area contributed by atoms with Crippen LogP contribution >= 0.6 is 0 Å². The molecule has 122 valence electrons. The van der Waals surface area contributed by atoms with E-state index in [-0.39, 0.29) is 18.0 Å². The van der Waals surface area contributed by atoms with Gasteiger partial charge in [-0.15, -0.1) is 0 Å². The molecule has 0 spiro atoms. The number of rotatable bonds is 6. The number of hydrogen-bond donors (Lipinski definition) is 2. The molecule has 2 aromatic rings. The monoisotopic (exact) mass is 334 g/mol. The average molecular weight is 334 g/mol. The molecule has 7 heteroatoms. The Morgan fingerprint density at radius 3 is 2.22 bits per heavy atom. The Hall–Kier alpha value is -2.38. The molecule has 0 atom stereocenters. The highest BCUT2D eigenvalue weighted by Gasteiger charge is 2.16. The predicted octanol–water partition coefficient (Wildman–Crippen LogP) is 2.67. The SMILES string of the molecule is CCN(C(=O)O)c1ccc(S(=O)(=O)NCc2ccccc2)cc1. The van der Waals surface area contributed by atoms with Crippen molar-refractivity contribution in [3.63, 3.8) is 0 Å². The van der Waals surface area contributed by atoms with Crippen molar-refractivity contribution in [3.05, 3.63) is 60.2 Å². The van der Waals surface area contributed by atoms with Crippen LogP contribution in [0.2, 0.25) is 0 Å². The quantitative estimate of drug-likeness (QED) is 0.850. The normalized spacial score (nSPS) is 11.2. The number of carbonyl (C=O) groups is 1. The maximum absolute atomic E-state index is 12.2. The largest absolute Gasteiger partial charge is 0.465 e. The summed E-state index contributed by atoms with van der Waals surface area (Å²) in [5, 5.41) is 9.06. The van der Waals surface area contributed by atoms with E-state index in [2.05, 4.69) is 4.72 Å². The molecule has 2 rings (SSSR count). The van der Waals surface area contributed by atoms with Crippen LogP contribution in [0, 0.1) is 0 Å². The number of carboxylic acid groups (broad SMARTS) is 1. The van der Waals surface area contributed by atoms with Crippen molar-refractivity contribution in [1.29, 1.82) is 0 Å². The first kappa shape index (κ1) is 17.0. The van der Waals surface area contributed by atoms with Gasteiger partial charge in [0, 0.05) is 18.8 Å². The molecule has 0 aliphatic rings. The van der Waals surface area contributed by atoms with Gasteiger partial charge >= 0.3 is 6.09 Å². The van der Waals surface area contributed by atoms with Crippen LogP contribution in [0.3, 0.4) is 0 Å². The molecule has 0 bridgehead atoms. The first-order valence-electron chi connectivity index (χ1n) is 7.08. The Kier molecular flexibility index (Phi) is 5.36. The first-order valence-corrected chi connectivity index (χ1v) is 8.56. The number of benzene rings is 2. The lowest BCUT2D eigenvalue weighted by Gasteiger charge is -2.17. The zero-order chi connectivity index (χ0) is 16.9. The van der Waals surface area contributed by atoms with E-state index in [9.17, 15) is 13.2 Å². The zero-order valence-electron chi connectivity index (χ0n) is 12.6. The van der Waals surface area contributed by atoms with Crippen molar-refractivity contribution in [1.82, 2.24) is 4.72 Å². The van der Waals surface area contributed by atoms with Crippen LogP contribution < -0.4 is 9.62 Å². The van der Waals surface area contributed by atoms with Gasteiger partial charge in [-0.05, 0) is 36.8 Å². The molecule has 0 aliphatic carbocycles. The Labute approximate surface area is 135 Å². The summed E-state index contributed by atoms with van der Waals surface area (Å²) in [5.74, 6) is 0. The van der Waals surface area contributed by atoms with E-state index in [0.29, 0.717) is 5.69 Å². The van der Waals surface area contributed by atoms with Crippen molar-refractivity contribution >= 4 is 21.8 Å². The van der Waals surface area contributed by atoms with Gasteiger partial charge in [0.15, 0.2) is 0 Å². The highest BCUT2D eigenvalue weighted by molar-refractivity contribution is 7.89. The lowest BCUT2D eigenvalue weighted by Crippen LogP contribution is -2.28. The van der Waals surface area contributed by atoms with Crippen LogP contribution in [0.4, 0.5) is 10.5 Å². The van der Waals surface area contributed by atoms with Crippen LogP contribution in [0.15, 0.2) is 59.5 Å². The summed E-state index contributed by atoms with van der Waals surface area (Å²) in [6.07, 6.45) is -1.08. The average Bonchev–Trinajstić information content (AvgIpc) is 2.55. The van der Waals surface area contributed by atoms with Gasteiger partial charge in [0.2, 0.25) is 10.0 Å². The third-order valence-electron chi connectivity index (χ3n) is 3.31. The van der Waals surface area contributed by atoms with Crippen molar-refractivity contribution in [2.45, 2.75) is 18.4 Å². The predicted molar refractivity (Wildman–Crippen MR) is 88.0 cm³/mol. The molecular weight excluding hydrogens is 316 g/mol. The summed E-state index contributed by atoms with van der Waals surface area (Å²) in [7, 11) is -3.64. The van der Waals surface area contributed by atoms with Crippen LogP contribution in [0.25, 0.3) is 0 Å². The molecule has 0 fully saturated rings. The van der Waals surface area contributed by atoms with Crippen LogP contribution in [-0.2, 0) is 16.6 Å². The third-order valence-corrected chi connectivity index (χ3v) is 4.73. The second-order valence-electron chi connectivity index (χ2n) is 4.83. The number of hydrogen-bond acceptors (Lipinski definition) is 3. The Balaban J connectivity index is 2.12. The van der Waals surface area contributed by atoms with E-state index >= 15 is 0 Å². The number of nitrogens with one attached hydrogen (secondary N) is 1. The van der Waals surface area contributed by atoms with Gasteiger partial charge in [-0.2, -0.15) is 0 Å². The summed E-state index contributed by atoms with van der Waals surface area (Å²) in [4.78, 5) is 12.3. The number of amides is 1. The third kappa shape index (κ3) is 4.30. The molecule has 0 radical (unpaired) electrons. The van der Waals surface area contributed by atoms with Gasteiger partial charge in [0.1, 0.15) is 0 Å². The summed E-state index contributed by atoms with van der Waals surface area (Å²) < 4.78 is 27.0. The fourth-order valence-corrected chi connectivity index (χ4v) is 3.11. The van der Waals surface area contributed by atoms with Crippen molar-refractivity contribution in [2.75, 3.05) is 11.4 Å². The van der Waals surface area contributed by atoms with E-state index in [1.165, 1.54) is 24.3 Å². The molecule has 2 aromatic carbocycles. The Bertz CT molecular complexity index is 758. The van der Waals surface area contributed by atoms with Crippen LogP contribution in [0.1, 0.15) is 12.5 Å². The fourth-order valence-electron chi connectivity index (χ4n) is 2.09. The molecular formula is C16H18N2O4S.